The summed E-state index contributed by atoms with van der Waals surface area (Å²) < 4.78 is 34.0. The minimum absolute atomic E-state index is 0.0302. The molecule has 1 saturated heterocycles. The normalized spacial score (nSPS) is 14.6. The molecule has 0 radical (unpaired) electrons. The van der Waals surface area contributed by atoms with Gasteiger partial charge >= 0.3 is 0 Å². The molecule has 10 heteroatoms. The van der Waals surface area contributed by atoms with Crippen molar-refractivity contribution in [2.75, 3.05) is 23.3 Å². The van der Waals surface area contributed by atoms with Crippen LogP contribution >= 0.6 is 11.3 Å². The summed E-state index contributed by atoms with van der Waals surface area (Å²) in [5, 5.41) is 13.0. The van der Waals surface area contributed by atoms with Gasteiger partial charge in [-0.05, 0) is 61.9 Å². The molecule has 0 spiro atoms. The van der Waals surface area contributed by atoms with Crippen LogP contribution in [0, 0.1) is 19.8 Å². The number of anilines is 2. The molecule has 0 saturated carbocycles. The van der Waals surface area contributed by atoms with Gasteiger partial charge in [0, 0.05) is 25.7 Å². The highest BCUT2D eigenvalue weighted by Crippen LogP contribution is 2.35. The number of carbonyl (C=O) groups excluding carboxylic acids is 1. The lowest BCUT2D eigenvalue weighted by Crippen LogP contribution is -2.22. The maximum Gasteiger partial charge on any atom is 0.262 e. The highest BCUT2D eigenvalue weighted by Gasteiger charge is 2.21. The molecule has 1 aliphatic rings. The van der Waals surface area contributed by atoms with Gasteiger partial charge in [-0.25, -0.2) is 13.4 Å². The minimum Gasteiger partial charge on any atom is -0.508 e. The van der Waals surface area contributed by atoms with Crippen molar-refractivity contribution in [3.05, 3.63) is 53.7 Å². The summed E-state index contributed by atoms with van der Waals surface area (Å²) in [4.78, 5) is 17.9. The molecule has 0 bridgehead atoms. The van der Waals surface area contributed by atoms with Crippen molar-refractivity contribution in [1.29, 1.82) is 0 Å². The van der Waals surface area contributed by atoms with Gasteiger partial charge in [0.2, 0.25) is 5.91 Å². The monoisotopic (exact) mass is 501 g/mol. The Morgan fingerprint density at radius 3 is 2.68 bits per heavy atom. The molecule has 8 nitrogen and oxygen atoms in total. The van der Waals surface area contributed by atoms with Crippen LogP contribution in [-0.2, 0) is 19.6 Å². The highest BCUT2D eigenvalue weighted by molar-refractivity contribution is 7.92. The summed E-state index contributed by atoms with van der Waals surface area (Å²) in [6.45, 7) is 4.94. The van der Waals surface area contributed by atoms with Crippen LogP contribution in [0.5, 0.6) is 5.75 Å². The molecule has 1 aliphatic heterocycles. The van der Waals surface area contributed by atoms with Gasteiger partial charge in [0.25, 0.3) is 10.0 Å². The number of hydrogen-bond donors (Lipinski definition) is 3. The summed E-state index contributed by atoms with van der Waals surface area (Å²) in [6.07, 6.45) is 2.20. The first-order valence-corrected chi connectivity index (χ1v) is 13.3. The fourth-order valence-electron chi connectivity index (χ4n) is 3.91. The third-order valence-electron chi connectivity index (χ3n) is 5.70. The molecule has 0 unspecified atom stereocenters. The number of nitrogens with one attached hydrogen (secondary N) is 2. The van der Waals surface area contributed by atoms with Gasteiger partial charge in [0.15, 0.2) is 5.13 Å². The van der Waals surface area contributed by atoms with Crippen molar-refractivity contribution in [1.82, 2.24) is 4.98 Å². The van der Waals surface area contributed by atoms with Gasteiger partial charge in [-0.1, -0.05) is 29.5 Å². The molecule has 34 heavy (non-hydrogen) atoms. The van der Waals surface area contributed by atoms with E-state index in [-0.39, 0.29) is 22.2 Å². The van der Waals surface area contributed by atoms with Gasteiger partial charge in [0.05, 0.1) is 21.2 Å². The molecule has 1 aromatic heterocycles. The van der Waals surface area contributed by atoms with Crippen molar-refractivity contribution in [3.8, 4) is 16.2 Å². The summed E-state index contributed by atoms with van der Waals surface area (Å²) in [7, 11) is -3.89. The smallest absolute Gasteiger partial charge is 0.262 e. The predicted molar refractivity (Wildman–Crippen MR) is 133 cm³/mol. The quantitative estimate of drug-likeness (QED) is 0.432. The zero-order chi connectivity index (χ0) is 24.3. The van der Waals surface area contributed by atoms with Gasteiger partial charge in [-0.15, -0.1) is 0 Å². The van der Waals surface area contributed by atoms with Gasteiger partial charge in [0.1, 0.15) is 5.75 Å². The molecule has 4 rings (SSSR count). The van der Waals surface area contributed by atoms with Crippen molar-refractivity contribution in [2.45, 2.75) is 38.0 Å². The number of rotatable bonds is 7. The lowest BCUT2D eigenvalue weighted by atomic mass is 9.96. The van der Waals surface area contributed by atoms with Crippen LogP contribution < -0.4 is 10.0 Å². The van der Waals surface area contributed by atoms with E-state index in [1.165, 1.54) is 23.5 Å². The average Bonchev–Trinajstić information content (AvgIpc) is 3.14. The maximum atomic E-state index is 13.1. The molecule has 3 N–H and O–H groups in total. The van der Waals surface area contributed by atoms with Crippen LogP contribution in [0.4, 0.5) is 10.8 Å². The lowest BCUT2D eigenvalue weighted by Gasteiger charge is -2.20. The van der Waals surface area contributed by atoms with Crippen molar-refractivity contribution in [3.63, 3.8) is 0 Å². The number of sulfonamides is 1. The van der Waals surface area contributed by atoms with Crippen LogP contribution in [0.2, 0.25) is 0 Å². The Morgan fingerprint density at radius 2 is 1.94 bits per heavy atom. The zero-order valence-corrected chi connectivity index (χ0v) is 20.6. The average molecular weight is 502 g/mol. The van der Waals surface area contributed by atoms with Gasteiger partial charge in [-0.3, -0.25) is 9.52 Å². The number of thiazole rings is 1. The molecule has 0 aliphatic carbocycles. The van der Waals surface area contributed by atoms with E-state index in [4.69, 9.17) is 4.74 Å². The van der Waals surface area contributed by atoms with E-state index in [1.807, 2.05) is 13.0 Å². The second-order valence-corrected chi connectivity index (χ2v) is 11.0. The topological polar surface area (TPSA) is 118 Å². The second-order valence-electron chi connectivity index (χ2n) is 8.38. The highest BCUT2D eigenvalue weighted by atomic mass is 32.2. The molecule has 2 aromatic carbocycles. The molecule has 3 aromatic rings. The summed E-state index contributed by atoms with van der Waals surface area (Å²) in [6, 6.07) is 11.1. The minimum atomic E-state index is -3.89. The SMILES string of the molecule is Cc1ccc(-c2sc(NC(=O)CC3CCOCC3)nc2C)cc1S(=O)(=O)Nc1cccc(O)c1. The first-order chi connectivity index (χ1) is 16.2. The molecular weight excluding hydrogens is 474 g/mol. The van der Waals surface area contributed by atoms with Crippen LogP contribution in [0.15, 0.2) is 47.4 Å². The van der Waals surface area contributed by atoms with Gasteiger partial charge < -0.3 is 15.2 Å². The Bertz CT molecular complexity index is 1300. The fourth-order valence-corrected chi connectivity index (χ4v) is 6.21. The maximum absolute atomic E-state index is 13.1. The van der Waals surface area contributed by atoms with E-state index >= 15 is 0 Å². The zero-order valence-electron chi connectivity index (χ0n) is 19.0. The Labute approximate surface area is 203 Å². The van der Waals surface area contributed by atoms with Gasteiger partial charge in [-0.2, -0.15) is 0 Å². The van der Waals surface area contributed by atoms with E-state index < -0.39 is 10.0 Å². The number of benzene rings is 2. The molecule has 2 heterocycles. The molecule has 0 atom stereocenters. The summed E-state index contributed by atoms with van der Waals surface area (Å²) in [5.41, 5.74) is 2.26. The molecule has 1 amide bonds. The first kappa shape index (κ1) is 24.2. The van der Waals surface area contributed by atoms with E-state index in [9.17, 15) is 18.3 Å². The second kappa shape index (κ2) is 10.1. The van der Waals surface area contributed by atoms with E-state index in [0.29, 0.717) is 47.5 Å². The Kier molecular flexibility index (Phi) is 7.20. The fraction of sp³-hybridized carbons (Fsp3) is 0.333. The molecule has 1 fully saturated rings. The Balaban J connectivity index is 1.54. The van der Waals surface area contributed by atoms with E-state index in [2.05, 4.69) is 15.0 Å². The Hall–Kier alpha value is -2.95. The number of carbonyl (C=O) groups is 1. The third kappa shape index (κ3) is 5.75. The number of nitrogens with zero attached hydrogens (tertiary/aromatic N) is 1. The van der Waals surface area contributed by atoms with Crippen LogP contribution in [0.1, 0.15) is 30.5 Å². The van der Waals surface area contributed by atoms with Crippen LogP contribution in [0.3, 0.4) is 0 Å². The van der Waals surface area contributed by atoms with Crippen LogP contribution in [0.25, 0.3) is 10.4 Å². The largest absolute Gasteiger partial charge is 0.508 e. The van der Waals surface area contributed by atoms with Crippen molar-refractivity contribution >= 4 is 38.1 Å². The van der Waals surface area contributed by atoms with Crippen LogP contribution in [-0.4, -0.2) is 37.6 Å². The third-order valence-corrected chi connectivity index (χ3v) is 8.34. The number of ether oxygens (including phenoxy) is 1. The molecule has 180 valence electrons. The summed E-state index contributed by atoms with van der Waals surface area (Å²) >= 11 is 1.32. The van der Waals surface area contributed by atoms with E-state index in [0.717, 1.165) is 17.7 Å². The standard InChI is InChI=1S/C24H27N3O5S2/c1-15-6-7-18(13-21(15)34(30,31)27-19-4-3-5-20(28)14-19)23-16(2)25-24(33-23)26-22(29)12-17-8-10-32-11-9-17/h3-7,13-14,17,27-28H,8-12H2,1-2H3,(H,25,26,29). The Morgan fingerprint density at radius 1 is 1.18 bits per heavy atom. The van der Waals surface area contributed by atoms with Crippen molar-refractivity contribution in [2.24, 2.45) is 5.92 Å². The number of aromatic hydroxyl groups is 1. The number of phenols is 1. The summed E-state index contributed by atoms with van der Waals surface area (Å²) in [5.74, 6) is 0.213. The number of amides is 1. The number of hydrogen-bond acceptors (Lipinski definition) is 7. The first-order valence-electron chi connectivity index (χ1n) is 11.0. The number of phenolic OH excluding ortho intramolecular Hbond substituents is 1. The number of aromatic nitrogens is 1. The predicted octanol–water partition coefficient (Wildman–Crippen LogP) is 4.69. The van der Waals surface area contributed by atoms with E-state index in [1.54, 1.807) is 31.2 Å². The molecular formula is C24H27N3O5S2. The lowest BCUT2D eigenvalue weighted by molar-refractivity contribution is -0.117. The number of aryl methyl sites for hydroxylation is 2. The van der Waals surface area contributed by atoms with Crippen molar-refractivity contribution < 1.29 is 23.1 Å².